The number of aromatic nitrogens is 2. The van der Waals surface area contributed by atoms with Crippen LogP contribution >= 0.6 is 0 Å². The number of carboxylic acid groups (broad SMARTS) is 1. The Hall–Kier alpha value is -1.84. The molecule has 0 saturated carbocycles. The SMILES string of the molecule is CCc1nc2ccc(CCCC(=O)O)cc2[nH]1. The van der Waals surface area contributed by atoms with Gasteiger partial charge in [0, 0.05) is 12.8 Å². The number of carbonyl (C=O) groups is 1. The molecule has 4 nitrogen and oxygen atoms in total. The number of rotatable bonds is 5. The van der Waals surface area contributed by atoms with Gasteiger partial charge in [0.25, 0.3) is 0 Å². The summed E-state index contributed by atoms with van der Waals surface area (Å²) in [5, 5.41) is 8.58. The summed E-state index contributed by atoms with van der Waals surface area (Å²) in [6, 6.07) is 6.06. The van der Waals surface area contributed by atoms with Crippen LogP contribution in [0, 0.1) is 0 Å². The Bertz CT molecular complexity index is 531. The van der Waals surface area contributed by atoms with E-state index in [4.69, 9.17) is 5.11 Å². The second-order valence-corrected chi connectivity index (χ2v) is 4.14. The van der Waals surface area contributed by atoms with E-state index in [0.29, 0.717) is 6.42 Å². The minimum Gasteiger partial charge on any atom is -0.481 e. The first-order valence-corrected chi connectivity index (χ1v) is 5.88. The first kappa shape index (κ1) is 11.6. The molecule has 1 heterocycles. The van der Waals surface area contributed by atoms with Crippen molar-refractivity contribution in [2.24, 2.45) is 0 Å². The van der Waals surface area contributed by atoms with Gasteiger partial charge in [-0.15, -0.1) is 0 Å². The number of hydrogen-bond donors (Lipinski definition) is 2. The summed E-state index contributed by atoms with van der Waals surface area (Å²) < 4.78 is 0. The highest BCUT2D eigenvalue weighted by Crippen LogP contribution is 2.15. The lowest BCUT2D eigenvalue weighted by Gasteiger charge is -1.99. The predicted molar refractivity (Wildman–Crippen MR) is 66.0 cm³/mol. The Morgan fingerprint density at radius 2 is 2.29 bits per heavy atom. The van der Waals surface area contributed by atoms with Gasteiger partial charge in [-0.05, 0) is 30.5 Å². The molecular weight excluding hydrogens is 216 g/mol. The fourth-order valence-electron chi connectivity index (χ4n) is 1.88. The molecule has 1 aromatic heterocycles. The summed E-state index contributed by atoms with van der Waals surface area (Å²) in [4.78, 5) is 18.1. The van der Waals surface area contributed by atoms with E-state index in [-0.39, 0.29) is 6.42 Å². The van der Waals surface area contributed by atoms with E-state index >= 15 is 0 Å². The van der Waals surface area contributed by atoms with Gasteiger partial charge in [0.15, 0.2) is 0 Å². The van der Waals surface area contributed by atoms with Crippen molar-refractivity contribution in [2.75, 3.05) is 0 Å². The van der Waals surface area contributed by atoms with E-state index in [2.05, 4.69) is 23.0 Å². The number of benzene rings is 1. The van der Waals surface area contributed by atoms with E-state index in [1.807, 2.05) is 12.1 Å². The van der Waals surface area contributed by atoms with Crippen LogP contribution in [-0.2, 0) is 17.6 Å². The Morgan fingerprint density at radius 1 is 1.47 bits per heavy atom. The third-order valence-electron chi connectivity index (χ3n) is 2.79. The Kier molecular flexibility index (Phi) is 3.42. The van der Waals surface area contributed by atoms with E-state index in [1.54, 1.807) is 0 Å². The number of nitrogens with zero attached hydrogens (tertiary/aromatic N) is 1. The monoisotopic (exact) mass is 232 g/mol. The number of aryl methyl sites for hydroxylation is 2. The van der Waals surface area contributed by atoms with Crippen molar-refractivity contribution in [2.45, 2.75) is 32.6 Å². The predicted octanol–water partition coefficient (Wildman–Crippen LogP) is 2.53. The van der Waals surface area contributed by atoms with Crippen LogP contribution in [0.15, 0.2) is 18.2 Å². The van der Waals surface area contributed by atoms with Crippen molar-refractivity contribution in [3.8, 4) is 0 Å². The van der Waals surface area contributed by atoms with Gasteiger partial charge >= 0.3 is 5.97 Å². The lowest BCUT2D eigenvalue weighted by Crippen LogP contribution is -1.95. The molecule has 2 rings (SSSR count). The zero-order valence-corrected chi connectivity index (χ0v) is 9.86. The van der Waals surface area contributed by atoms with Gasteiger partial charge < -0.3 is 10.1 Å². The lowest BCUT2D eigenvalue weighted by atomic mass is 10.1. The minimum absolute atomic E-state index is 0.223. The Morgan fingerprint density at radius 3 is 3.00 bits per heavy atom. The first-order valence-electron chi connectivity index (χ1n) is 5.88. The molecule has 2 aromatic rings. The molecule has 0 bridgehead atoms. The molecule has 0 unspecified atom stereocenters. The molecule has 90 valence electrons. The van der Waals surface area contributed by atoms with Crippen molar-refractivity contribution in [3.05, 3.63) is 29.6 Å². The molecule has 0 fully saturated rings. The normalized spacial score (nSPS) is 10.9. The highest BCUT2D eigenvalue weighted by atomic mass is 16.4. The van der Waals surface area contributed by atoms with Crippen LogP contribution in [0.3, 0.4) is 0 Å². The maximum atomic E-state index is 10.4. The Labute approximate surface area is 99.7 Å². The maximum absolute atomic E-state index is 10.4. The van der Waals surface area contributed by atoms with Gasteiger partial charge in [-0.25, -0.2) is 4.98 Å². The molecule has 0 aliphatic rings. The standard InChI is InChI=1S/C13H16N2O2/c1-2-12-14-10-7-6-9(8-11(10)15-12)4-3-5-13(16)17/h6-8H,2-5H2,1H3,(H,14,15)(H,16,17). The number of hydrogen-bond acceptors (Lipinski definition) is 2. The third-order valence-corrected chi connectivity index (χ3v) is 2.79. The van der Waals surface area contributed by atoms with E-state index < -0.39 is 5.97 Å². The molecular formula is C13H16N2O2. The van der Waals surface area contributed by atoms with E-state index in [0.717, 1.165) is 35.3 Å². The molecule has 4 heteroatoms. The van der Waals surface area contributed by atoms with Gasteiger partial charge in [0.2, 0.25) is 0 Å². The number of imidazole rings is 1. The van der Waals surface area contributed by atoms with Crippen LogP contribution in [0.4, 0.5) is 0 Å². The number of aliphatic carboxylic acids is 1. The van der Waals surface area contributed by atoms with Crippen LogP contribution in [0.25, 0.3) is 11.0 Å². The summed E-state index contributed by atoms with van der Waals surface area (Å²) in [6.07, 6.45) is 2.59. The van der Waals surface area contributed by atoms with Crippen LogP contribution in [0.1, 0.15) is 31.2 Å². The van der Waals surface area contributed by atoms with Crippen molar-refractivity contribution in [1.29, 1.82) is 0 Å². The van der Waals surface area contributed by atoms with E-state index in [1.165, 1.54) is 0 Å². The van der Waals surface area contributed by atoms with Crippen molar-refractivity contribution in [3.63, 3.8) is 0 Å². The number of aromatic amines is 1. The summed E-state index contributed by atoms with van der Waals surface area (Å²) in [5.41, 5.74) is 3.17. The second-order valence-electron chi connectivity index (χ2n) is 4.14. The number of nitrogens with one attached hydrogen (secondary N) is 1. The molecule has 0 atom stereocenters. The second kappa shape index (κ2) is 4.99. The van der Waals surface area contributed by atoms with E-state index in [9.17, 15) is 4.79 Å². The zero-order chi connectivity index (χ0) is 12.3. The molecule has 17 heavy (non-hydrogen) atoms. The number of H-pyrrole nitrogens is 1. The fourth-order valence-corrected chi connectivity index (χ4v) is 1.88. The Balaban J connectivity index is 2.11. The molecule has 0 spiro atoms. The molecule has 0 aliphatic heterocycles. The zero-order valence-electron chi connectivity index (χ0n) is 9.86. The van der Waals surface area contributed by atoms with Crippen LogP contribution in [-0.4, -0.2) is 21.0 Å². The maximum Gasteiger partial charge on any atom is 0.303 e. The van der Waals surface area contributed by atoms with Crippen molar-refractivity contribution >= 4 is 17.0 Å². The van der Waals surface area contributed by atoms with Gasteiger partial charge in [-0.3, -0.25) is 4.79 Å². The number of carboxylic acids is 1. The lowest BCUT2D eigenvalue weighted by molar-refractivity contribution is -0.137. The summed E-state index contributed by atoms with van der Waals surface area (Å²) in [7, 11) is 0. The average molecular weight is 232 g/mol. The summed E-state index contributed by atoms with van der Waals surface area (Å²) in [5.74, 6) is 0.253. The topological polar surface area (TPSA) is 66.0 Å². The first-order chi connectivity index (χ1) is 8.19. The van der Waals surface area contributed by atoms with Gasteiger partial charge in [-0.2, -0.15) is 0 Å². The molecule has 0 aliphatic carbocycles. The van der Waals surface area contributed by atoms with Crippen LogP contribution in [0.2, 0.25) is 0 Å². The highest BCUT2D eigenvalue weighted by Gasteiger charge is 2.03. The smallest absolute Gasteiger partial charge is 0.303 e. The minimum atomic E-state index is -0.735. The molecule has 0 saturated heterocycles. The number of fused-ring (bicyclic) bond motifs is 1. The molecule has 2 N–H and O–H groups in total. The largest absolute Gasteiger partial charge is 0.481 e. The molecule has 0 amide bonds. The van der Waals surface area contributed by atoms with Gasteiger partial charge in [-0.1, -0.05) is 13.0 Å². The van der Waals surface area contributed by atoms with Gasteiger partial charge in [0.1, 0.15) is 5.82 Å². The molecule has 0 radical (unpaired) electrons. The highest BCUT2D eigenvalue weighted by molar-refractivity contribution is 5.75. The summed E-state index contributed by atoms with van der Waals surface area (Å²) in [6.45, 7) is 2.06. The van der Waals surface area contributed by atoms with Crippen LogP contribution in [0.5, 0.6) is 0 Å². The van der Waals surface area contributed by atoms with Crippen molar-refractivity contribution < 1.29 is 9.90 Å². The van der Waals surface area contributed by atoms with Gasteiger partial charge in [0.05, 0.1) is 11.0 Å². The molecule has 1 aromatic carbocycles. The third kappa shape index (κ3) is 2.84. The fraction of sp³-hybridized carbons (Fsp3) is 0.385. The summed E-state index contributed by atoms with van der Waals surface area (Å²) >= 11 is 0. The average Bonchev–Trinajstić information content (AvgIpc) is 2.70. The van der Waals surface area contributed by atoms with Crippen LogP contribution < -0.4 is 0 Å². The quantitative estimate of drug-likeness (QED) is 0.832. The van der Waals surface area contributed by atoms with Crippen molar-refractivity contribution in [1.82, 2.24) is 9.97 Å².